The van der Waals surface area contributed by atoms with Crippen LogP contribution in [-0.2, 0) is 10.0 Å². The van der Waals surface area contributed by atoms with E-state index in [-0.39, 0.29) is 24.8 Å². The predicted octanol–water partition coefficient (Wildman–Crippen LogP) is 2.21. The van der Waals surface area contributed by atoms with Gasteiger partial charge in [-0.1, -0.05) is 50.6 Å². The fraction of sp³-hybridized carbons (Fsp3) is 0.600. The number of hydrogen-bond donors (Lipinski definition) is 1. The minimum absolute atomic E-state index is 0.0518. The van der Waals surface area contributed by atoms with E-state index < -0.39 is 10.0 Å². The van der Waals surface area contributed by atoms with Crippen molar-refractivity contribution < 1.29 is 13.5 Å². The van der Waals surface area contributed by atoms with Crippen molar-refractivity contribution in [2.45, 2.75) is 32.6 Å². The Hall–Kier alpha value is -0.910. The molecular weight excluding hydrogens is 274 g/mol. The Morgan fingerprint density at radius 3 is 2.40 bits per heavy atom. The Balaban J connectivity index is 2.75. The quantitative estimate of drug-likeness (QED) is 0.760. The molecule has 0 spiro atoms. The molecule has 1 rings (SSSR count). The third-order valence-corrected chi connectivity index (χ3v) is 5.41. The van der Waals surface area contributed by atoms with E-state index in [1.54, 1.807) is 0 Å². The summed E-state index contributed by atoms with van der Waals surface area (Å²) in [6.45, 7) is 4.48. The van der Waals surface area contributed by atoms with Crippen molar-refractivity contribution in [3.8, 4) is 0 Å². The Kier molecular flexibility index (Phi) is 7.19. The van der Waals surface area contributed by atoms with Gasteiger partial charge in [0.05, 0.1) is 12.4 Å². The van der Waals surface area contributed by atoms with Crippen LogP contribution in [0.15, 0.2) is 30.3 Å². The Morgan fingerprint density at radius 1 is 1.20 bits per heavy atom. The Morgan fingerprint density at radius 2 is 1.85 bits per heavy atom. The summed E-state index contributed by atoms with van der Waals surface area (Å²) < 4.78 is 26.3. The molecule has 0 saturated carbocycles. The van der Waals surface area contributed by atoms with Gasteiger partial charge in [-0.3, -0.25) is 0 Å². The van der Waals surface area contributed by atoms with Gasteiger partial charge in [0, 0.05) is 13.1 Å². The number of rotatable bonds is 9. The first kappa shape index (κ1) is 17.1. The van der Waals surface area contributed by atoms with Crippen molar-refractivity contribution >= 4 is 10.0 Å². The zero-order valence-electron chi connectivity index (χ0n) is 12.3. The highest BCUT2D eigenvalue weighted by atomic mass is 32.2. The van der Waals surface area contributed by atoms with E-state index >= 15 is 0 Å². The number of aliphatic hydroxyl groups excluding tert-OH is 1. The topological polar surface area (TPSA) is 57.6 Å². The SMILES string of the molecule is CCCCN(CCO)S(=O)(=O)CC(C)c1ccccc1. The average molecular weight is 299 g/mol. The summed E-state index contributed by atoms with van der Waals surface area (Å²) in [6, 6.07) is 9.65. The molecule has 1 aromatic rings. The lowest BCUT2D eigenvalue weighted by molar-refractivity contribution is 0.252. The van der Waals surface area contributed by atoms with Gasteiger partial charge in [0.1, 0.15) is 0 Å². The molecule has 1 aromatic carbocycles. The summed E-state index contributed by atoms with van der Waals surface area (Å²) in [5.41, 5.74) is 1.02. The van der Waals surface area contributed by atoms with E-state index in [1.807, 2.05) is 44.2 Å². The summed E-state index contributed by atoms with van der Waals surface area (Å²) in [7, 11) is -3.33. The molecule has 1 N–H and O–H groups in total. The lowest BCUT2D eigenvalue weighted by atomic mass is 10.0. The van der Waals surface area contributed by atoms with Gasteiger partial charge in [-0.25, -0.2) is 8.42 Å². The molecule has 0 fully saturated rings. The zero-order valence-corrected chi connectivity index (χ0v) is 13.1. The van der Waals surface area contributed by atoms with E-state index in [4.69, 9.17) is 5.11 Å². The smallest absolute Gasteiger partial charge is 0.214 e. The molecule has 114 valence electrons. The maximum Gasteiger partial charge on any atom is 0.214 e. The molecule has 4 nitrogen and oxygen atoms in total. The van der Waals surface area contributed by atoms with Gasteiger partial charge in [0.15, 0.2) is 0 Å². The first-order valence-electron chi connectivity index (χ1n) is 7.15. The van der Waals surface area contributed by atoms with Gasteiger partial charge in [0.25, 0.3) is 0 Å². The monoisotopic (exact) mass is 299 g/mol. The normalized spacial score (nSPS) is 13.6. The third kappa shape index (κ3) is 5.23. The van der Waals surface area contributed by atoms with Crippen molar-refractivity contribution in [3.63, 3.8) is 0 Å². The fourth-order valence-electron chi connectivity index (χ4n) is 2.14. The first-order chi connectivity index (χ1) is 9.51. The molecule has 0 heterocycles. The second-order valence-electron chi connectivity index (χ2n) is 5.07. The van der Waals surface area contributed by atoms with Crippen LogP contribution in [0.1, 0.15) is 38.2 Å². The molecule has 0 saturated heterocycles. The Bertz CT molecular complexity index is 473. The van der Waals surface area contributed by atoms with Gasteiger partial charge in [-0.2, -0.15) is 4.31 Å². The zero-order chi connectivity index (χ0) is 15.0. The fourth-order valence-corrected chi connectivity index (χ4v) is 3.94. The van der Waals surface area contributed by atoms with E-state index in [0.717, 1.165) is 18.4 Å². The number of sulfonamides is 1. The summed E-state index contributed by atoms with van der Waals surface area (Å²) in [5, 5.41) is 9.04. The van der Waals surface area contributed by atoms with Gasteiger partial charge in [-0.15, -0.1) is 0 Å². The van der Waals surface area contributed by atoms with Crippen LogP contribution in [-0.4, -0.2) is 43.3 Å². The number of aliphatic hydroxyl groups is 1. The average Bonchev–Trinajstić information content (AvgIpc) is 2.43. The molecule has 1 unspecified atom stereocenters. The van der Waals surface area contributed by atoms with Crippen molar-refractivity contribution in [2.75, 3.05) is 25.4 Å². The largest absolute Gasteiger partial charge is 0.395 e. The lowest BCUT2D eigenvalue weighted by Crippen LogP contribution is -2.37. The summed E-state index contributed by atoms with van der Waals surface area (Å²) in [5.74, 6) is 0.0322. The van der Waals surface area contributed by atoms with Gasteiger partial charge < -0.3 is 5.11 Å². The highest BCUT2D eigenvalue weighted by molar-refractivity contribution is 7.89. The number of nitrogens with zero attached hydrogens (tertiary/aromatic N) is 1. The number of hydrogen-bond acceptors (Lipinski definition) is 3. The van der Waals surface area contributed by atoms with Gasteiger partial charge >= 0.3 is 0 Å². The molecule has 20 heavy (non-hydrogen) atoms. The standard InChI is InChI=1S/C15H25NO3S/c1-3-4-10-16(11-12-17)20(18,19)13-14(2)15-8-6-5-7-9-15/h5-9,14,17H,3-4,10-13H2,1-2H3. The van der Waals surface area contributed by atoms with Crippen LogP contribution in [0.25, 0.3) is 0 Å². The maximum absolute atomic E-state index is 12.4. The molecule has 0 aliphatic rings. The molecule has 0 amide bonds. The Labute approximate surface area is 122 Å². The molecule has 5 heteroatoms. The van der Waals surface area contributed by atoms with Crippen LogP contribution in [0.3, 0.4) is 0 Å². The highest BCUT2D eigenvalue weighted by Crippen LogP contribution is 2.19. The van der Waals surface area contributed by atoms with E-state index in [2.05, 4.69) is 0 Å². The van der Waals surface area contributed by atoms with E-state index in [0.29, 0.717) is 6.54 Å². The van der Waals surface area contributed by atoms with Crippen LogP contribution >= 0.6 is 0 Å². The summed E-state index contributed by atoms with van der Waals surface area (Å²) in [4.78, 5) is 0. The molecule has 0 aliphatic carbocycles. The lowest BCUT2D eigenvalue weighted by Gasteiger charge is -2.23. The second-order valence-corrected chi connectivity index (χ2v) is 7.08. The van der Waals surface area contributed by atoms with Crippen LogP contribution in [0, 0.1) is 0 Å². The van der Waals surface area contributed by atoms with Crippen molar-refractivity contribution in [3.05, 3.63) is 35.9 Å². The first-order valence-corrected chi connectivity index (χ1v) is 8.75. The van der Waals surface area contributed by atoms with E-state index in [9.17, 15) is 8.42 Å². The summed E-state index contributed by atoms with van der Waals surface area (Å²) >= 11 is 0. The second kappa shape index (κ2) is 8.39. The van der Waals surface area contributed by atoms with Crippen molar-refractivity contribution in [1.82, 2.24) is 4.31 Å². The minimum atomic E-state index is -3.33. The van der Waals surface area contributed by atoms with Gasteiger partial charge in [0.2, 0.25) is 10.0 Å². The van der Waals surface area contributed by atoms with Crippen molar-refractivity contribution in [2.24, 2.45) is 0 Å². The molecule has 0 bridgehead atoms. The third-order valence-electron chi connectivity index (χ3n) is 3.33. The van der Waals surface area contributed by atoms with Crippen LogP contribution in [0.4, 0.5) is 0 Å². The minimum Gasteiger partial charge on any atom is -0.395 e. The van der Waals surface area contributed by atoms with Crippen LogP contribution in [0.5, 0.6) is 0 Å². The predicted molar refractivity (Wildman–Crippen MR) is 82.2 cm³/mol. The van der Waals surface area contributed by atoms with Gasteiger partial charge in [-0.05, 0) is 17.9 Å². The van der Waals surface area contributed by atoms with Crippen molar-refractivity contribution in [1.29, 1.82) is 0 Å². The van der Waals surface area contributed by atoms with Crippen LogP contribution < -0.4 is 0 Å². The summed E-state index contributed by atoms with van der Waals surface area (Å²) in [6.07, 6.45) is 1.75. The molecule has 0 aromatic heterocycles. The number of benzene rings is 1. The molecular formula is C15H25NO3S. The molecule has 1 atom stereocenters. The number of unbranched alkanes of at least 4 members (excludes halogenated alkanes) is 1. The highest BCUT2D eigenvalue weighted by Gasteiger charge is 2.24. The van der Waals surface area contributed by atoms with Crippen LogP contribution in [0.2, 0.25) is 0 Å². The molecule has 0 radical (unpaired) electrons. The molecule has 0 aliphatic heterocycles. The van der Waals surface area contributed by atoms with E-state index in [1.165, 1.54) is 4.31 Å². The maximum atomic E-state index is 12.4.